The molecule has 0 heterocycles. The van der Waals surface area contributed by atoms with Crippen molar-refractivity contribution in [3.05, 3.63) is 12.2 Å². The highest BCUT2D eigenvalue weighted by Gasteiger charge is 2.16. The molecule has 1 aliphatic carbocycles. The summed E-state index contributed by atoms with van der Waals surface area (Å²) in [6.45, 7) is 5.66. The smallest absolute Gasteiger partial charge is 0.331 e. The number of rotatable bonds is 3. The number of carbonyl (C=O) groups excluding carboxylic acids is 2. The van der Waals surface area contributed by atoms with Crippen LogP contribution in [0.5, 0.6) is 0 Å². The van der Waals surface area contributed by atoms with Crippen LogP contribution >= 0.6 is 0 Å². The Labute approximate surface area is 109 Å². The van der Waals surface area contributed by atoms with Crippen LogP contribution in [0.25, 0.3) is 0 Å². The molecule has 0 spiro atoms. The largest absolute Gasteiger partial charge is 0.459 e. The number of hydrogen-bond acceptors (Lipinski definition) is 3. The Kier molecular flexibility index (Phi) is 5.38. The summed E-state index contributed by atoms with van der Waals surface area (Å²) in [6.07, 6.45) is 7.80. The van der Waals surface area contributed by atoms with Gasteiger partial charge < -0.3 is 10.1 Å². The number of hydrogen-bond donors (Lipinski definition) is 1. The van der Waals surface area contributed by atoms with Gasteiger partial charge in [-0.05, 0) is 46.5 Å². The van der Waals surface area contributed by atoms with Crippen molar-refractivity contribution in [2.45, 2.75) is 64.5 Å². The van der Waals surface area contributed by atoms with E-state index in [0.29, 0.717) is 0 Å². The molecule has 1 amide bonds. The molecule has 1 N–H and O–H groups in total. The first-order valence-electron chi connectivity index (χ1n) is 6.58. The zero-order chi connectivity index (χ0) is 13.6. The van der Waals surface area contributed by atoms with Crippen LogP contribution in [0, 0.1) is 0 Å². The molecule has 0 unspecified atom stereocenters. The van der Waals surface area contributed by atoms with Gasteiger partial charge in [0.2, 0.25) is 5.91 Å². The number of amides is 1. The second-order valence-corrected chi connectivity index (χ2v) is 5.77. The van der Waals surface area contributed by atoms with Gasteiger partial charge in [-0.3, -0.25) is 4.79 Å². The van der Waals surface area contributed by atoms with Crippen LogP contribution < -0.4 is 5.32 Å². The van der Waals surface area contributed by atoms with Gasteiger partial charge in [0.1, 0.15) is 6.10 Å². The summed E-state index contributed by atoms with van der Waals surface area (Å²) < 4.78 is 5.27. The van der Waals surface area contributed by atoms with Gasteiger partial charge in [-0.15, -0.1) is 0 Å². The van der Waals surface area contributed by atoms with E-state index >= 15 is 0 Å². The molecule has 0 aromatic carbocycles. The summed E-state index contributed by atoms with van der Waals surface area (Å²) in [5.74, 6) is -0.700. The van der Waals surface area contributed by atoms with Crippen molar-refractivity contribution < 1.29 is 14.3 Å². The molecule has 0 aliphatic heterocycles. The van der Waals surface area contributed by atoms with Crippen molar-refractivity contribution in [2.75, 3.05) is 0 Å². The number of nitrogens with one attached hydrogen (secondary N) is 1. The minimum atomic E-state index is -0.425. The van der Waals surface area contributed by atoms with Gasteiger partial charge in [-0.1, -0.05) is 6.42 Å². The van der Waals surface area contributed by atoms with Gasteiger partial charge in [0, 0.05) is 17.7 Å². The molecule has 0 saturated heterocycles. The van der Waals surface area contributed by atoms with Crippen LogP contribution in [-0.2, 0) is 14.3 Å². The number of ether oxygens (including phenoxy) is 1. The van der Waals surface area contributed by atoms with Crippen LogP contribution in [-0.4, -0.2) is 23.5 Å². The van der Waals surface area contributed by atoms with E-state index < -0.39 is 5.97 Å². The lowest BCUT2D eigenvalue weighted by Crippen LogP contribution is -2.39. The molecule has 0 bridgehead atoms. The molecule has 1 fully saturated rings. The lowest BCUT2D eigenvalue weighted by Gasteiger charge is -2.21. The molecule has 18 heavy (non-hydrogen) atoms. The van der Waals surface area contributed by atoms with E-state index in [1.807, 2.05) is 20.8 Å². The molecule has 4 heteroatoms. The summed E-state index contributed by atoms with van der Waals surface area (Å²) in [5.41, 5.74) is -0.297. The Bertz CT molecular complexity index is 322. The predicted molar refractivity (Wildman–Crippen MR) is 70.0 cm³/mol. The van der Waals surface area contributed by atoms with Gasteiger partial charge in [0.25, 0.3) is 0 Å². The quantitative estimate of drug-likeness (QED) is 0.620. The molecule has 4 nitrogen and oxygen atoms in total. The summed E-state index contributed by atoms with van der Waals surface area (Å²) in [6, 6.07) is 0. The van der Waals surface area contributed by atoms with Crippen molar-refractivity contribution >= 4 is 11.9 Å². The lowest BCUT2D eigenvalue weighted by molar-refractivity contribution is -0.144. The highest BCUT2D eigenvalue weighted by Crippen LogP contribution is 2.20. The van der Waals surface area contributed by atoms with Crippen LogP contribution in [0.3, 0.4) is 0 Å². The zero-order valence-corrected chi connectivity index (χ0v) is 11.5. The first kappa shape index (κ1) is 14.7. The highest BCUT2D eigenvalue weighted by molar-refractivity contribution is 5.94. The maximum Gasteiger partial charge on any atom is 0.331 e. The molecule has 1 saturated carbocycles. The van der Waals surface area contributed by atoms with E-state index in [9.17, 15) is 9.59 Å². The molecule has 1 aliphatic rings. The number of esters is 1. The highest BCUT2D eigenvalue weighted by atomic mass is 16.5. The van der Waals surface area contributed by atoms with Gasteiger partial charge >= 0.3 is 5.97 Å². The van der Waals surface area contributed by atoms with Crippen molar-refractivity contribution in [2.24, 2.45) is 0 Å². The average Bonchev–Trinajstić information content (AvgIpc) is 2.25. The monoisotopic (exact) mass is 253 g/mol. The van der Waals surface area contributed by atoms with E-state index in [1.165, 1.54) is 18.6 Å². The standard InChI is InChI=1S/C14H23NO3/c1-14(2,3)15-12(16)9-10-13(17)18-11-7-5-4-6-8-11/h9-11H,4-8H2,1-3H3,(H,15,16)/b10-9-. The minimum absolute atomic E-state index is 0.0292. The maximum atomic E-state index is 11.5. The average molecular weight is 253 g/mol. The minimum Gasteiger partial charge on any atom is -0.459 e. The third-order valence-corrected chi connectivity index (χ3v) is 2.70. The Morgan fingerprint density at radius 3 is 2.28 bits per heavy atom. The fraction of sp³-hybridized carbons (Fsp3) is 0.714. The third kappa shape index (κ3) is 6.42. The summed E-state index contributed by atoms with van der Waals surface area (Å²) >= 11 is 0. The normalized spacial score (nSPS) is 17.7. The van der Waals surface area contributed by atoms with E-state index in [-0.39, 0.29) is 17.6 Å². The van der Waals surface area contributed by atoms with Crippen LogP contribution in [0.1, 0.15) is 52.9 Å². The maximum absolute atomic E-state index is 11.5. The summed E-state index contributed by atoms with van der Waals surface area (Å²) in [7, 11) is 0. The SMILES string of the molecule is CC(C)(C)NC(=O)/C=C\C(=O)OC1CCCCC1. The molecule has 0 radical (unpaired) electrons. The van der Waals surface area contributed by atoms with Crippen molar-refractivity contribution in [3.63, 3.8) is 0 Å². The molecule has 102 valence electrons. The molecule has 0 aromatic rings. The van der Waals surface area contributed by atoms with Crippen LogP contribution in [0.15, 0.2) is 12.2 Å². The first-order valence-corrected chi connectivity index (χ1v) is 6.58. The topological polar surface area (TPSA) is 55.4 Å². The first-order chi connectivity index (χ1) is 8.37. The molecular weight excluding hydrogens is 230 g/mol. The molecule has 1 rings (SSSR count). The van der Waals surface area contributed by atoms with E-state index in [2.05, 4.69) is 5.32 Å². The van der Waals surface area contributed by atoms with Crippen molar-refractivity contribution in [1.82, 2.24) is 5.32 Å². The van der Waals surface area contributed by atoms with Crippen LogP contribution in [0.2, 0.25) is 0 Å². The van der Waals surface area contributed by atoms with Crippen molar-refractivity contribution in [3.8, 4) is 0 Å². The van der Waals surface area contributed by atoms with Gasteiger partial charge in [0.15, 0.2) is 0 Å². The molecular formula is C14H23NO3. The fourth-order valence-electron chi connectivity index (χ4n) is 1.94. The third-order valence-electron chi connectivity index (χ3n) is 2.70. The Morgan fingerprint density at radius 2 is 1.72 bits per heavy atom. The van der Waals surface area contributed by atoms with Gasteiger partial charge in [0.05, 0.1) is 0 Å². The van der Waals surface area contributed by atoms with Gasteiger partial charge in [-0.2, -0.15) is 0 Å². The second-order valence-electron chi connectivity index (χ2n) is 5.77. The summed E-state index contributed by atoms with van der Waals surface area (Å²) in [5, 5.41) is 2.74. The van der Waals surface area contributed by atoms with Crippen LogP contribution in [0.4, 0.5) is 0 Å². The predicted octanol–water partition coefficient (Wildman–Crippen LogP) is 2.33. The Morgan fingerprint density at radius 1 is 1.11 bits per heavy atom. The Hall–Kier alpha value is -1.32. The number of carbonyl (C=O) groups is 2. The lowest BCUT2D eigenvalue weighted by atomic mass is 9.98. The second kappa shape index (κ2) is 6.57. The van der Waals surface area contributed by atoms with Gasteiger partial charge in [-0.25, -0.2) is 4.79 Å². The van der Waals surface area contributed by atoms with Crippen molar-refractivity contribution in [1.29, 1.82) is 0 Å². The molecule has 0 aromatic heterocycles. The molecule has 0 atom stereocenters. The Balaban J connectivity index is 2.32. The van der Waals surface area contributed by atoms with E-state index in [4.69, 9.17) is 4.74 Å². The summed E-state index contributed by atoms with van der Waals surface area (Å²) in [4.78, 5) is 22.9. The van der Waals surface area contributed by atoms with E-state index in [1.54, 1.807) is 0 Å². The fourth-order valence-corrected chi connectivity index (χ4v) is 1.94. The van der Waals surface area contributed by atoms with E-state index in [0.717, 1.165) is 25.7 Å². The zero-order valence-electron chi connectivity index (χ0n) is 11.5.